The molecule has 1 atom stereocenters. The number of sulfonamides is 1. The fourth-order valence-electron chi connectivity index (χ4n) is 2.78. The fourth-order valence-corrected chi connectivity index (χ4v) is 4.48. The summed E-state index contributed by atoms with van der Waals surface area (Å²) < 4.78 is 27.0. The summed E-state index contributed by atoms with van der Waals surface area (Å²) >= 11 is 0. The summed E-state index contributed by atoms with van der Waals surface area (Å²) in [6.07, 6.45) is 2.28. The van der Waals surface area contributed by atoms with E-state index in [1.165, 1.54) is 35.6 Å². The summed E-state index contributed by atoms with van der Waals surface area (Å²) in [7, 11) is -2.20. The lowest BCUT2D eigenvalue weighted by molar-refractivity contribution is -0.119. The van der Waals surface area contributed by atoms with E-state index in [9.17, 15) is 18.0 Å². The Kier molecular flexibility index (Phi) is 5.38. The minimum absolute atomic E-state index is 0.0234. The fraction of sp³-hybridized carbons (Fsp3) is 0.467. The molecule has 1 aromatic carbocycles. The molecule has 7 nitrogen and oxygen atoms in total. The van der Waals surface area contributed by atoms with Gasteiger partial charge in [-0.15, -0.1) is 0 Å². The predicted molar refractivity (Wildman–Crippen MR) is 85.2 cm³/mol. The van der Waals surface area contributed by atoms with E-state index in [0.29, 0.717) is 18.5 Å². The van der Waals surface area contributed by atoms with Gasteiger partial charge in [0, 0.05) is 31.6 Å². The van der Waals surface area contributed by atoms with Crippen LogP contribution in [0.2, 0.25) is 0 Å². The molecule has 23 heavy (non-hydrogen) atoms. The highest BCUT2D eigenvalue weighted by molar-refractivity contribution is 7.89. The van der Waals surface area contributed by atoms with Crippen LogP contribution in [-0.2, 0) is 14.8 Å². The smallest absolute Gasteiger partial charge is 0.251 e. The van der Waals surface area contributed by atoms with Crippen LogP contribution in [0.4, 0.5) is 0 Å². The van der Waals surface area contributed by atoms with Crippen LogP contribution in [0.15, 0.2) is 29.2 Å². The third-order valence-electron chi connectivity index (χ3n) is 3.96. The second-order valence-corrected chi connectivity index (χ2v) is 7.43. The zero-order valence-corrected chi connectivity index (χ0v) is 13.8. The molecule has 1 saturated heterocycles. The minimum atomic E-state index is -3.71. The number of rotatable bonds is 5. The zero-order valence-electron chi connectivity index (χ0n) is 13.0. The Labute approximate surface area is 135 Å². The van der Waals surface area contributed by atoms with E-state index in [-0.39, 0.29) is 17.2 Å². The number of nitrogens with one attached hydrogen (secondary N) is 1. The van der Waals surface area contributed by atoms with Crippen LogP contribution in [-0.4, -0.2) is 44.2 Å². The lowest BCUT2D eigenvalue weighted by Crippen LogP contribution is -2.45. The molecule has 1 heterocycles. The number of hydrogen-bond acceptors (Lipinski definition) is 4. The van der Waals surface area contributed by atoms with Crippen LogP contribution >= 0.6 is 0 Å². The highest BCUT2D eigenvalue weighted by Gasteiger charge is 2.34. The molecule has 0 bridgehead atoms. The first kappa shape index (κ1) is 17.4. The summed E-state index contributed by atoms with van der Waals surface area (Å²) in [5.74, 6) is -0.786. The van der Waals surface area contributed by atoms with Crippen molar-refractivity contribution < 1.29 is 18.0 Å². The maximum atomic E-state index is 12.8. The average molecular weight is 339 g/mol. The average Bonchev–Trinajstić information content (AvgIpc) is 2.54. The number of nitrogens with zero attached hydrogens (tertiary/aromatic N) is 1. The van der Waals surface area contributed by atoms with E-state index < -0.39 is 22.0 Å². The van der Waals surface area contributed by atoms with Crippen LogP contribution in [0, 0.1) is 0 Å². The summed E-state index contributed by atoms with van der Waals surface area (Å²) in [5.41, 5.74) is 5.62. The van der Waals surface area contributed by atoms with Gasteiger partial charge in [-0.3, -0.25) is 9.59 Å². The second-order valence-electron chi connectivity index (χ2n) is 5.54. The van der Waals surface area contributed by atoms with Gasteiger partial charge in [-0.1, -0.05) is 6.42 Å². The van der Waals surface area contributed by atoms with Crippen molar-refractivity contribution in [1.29, 1.82) is 0 Å². The van der Waals surface area contributed by atoms with E-state index in [1.54, 1.807) is 0 Å². The van der Waals surface area contributed by atoms with Crippen LogP contribution < -0.4 is 11.1 Å². The number of carbonyl (C=O) groups excluding carboxylic acids is 2. The molecule has 0 spiro atoms. The van der Waals surface area contributed by atoms with Crippen molar-refractivity contribution in [2.24, 2.45) is 5.73 Å². The molecular weight excluding hydrogens is 318 g/mol. The monoisotopic (exact) mass is 339 g/mol. The largest absolute Gasteiger partial charge is 0.370 e. The number of piperidine rings is 1. The number of amides is 2. The number of carbonyl (C=O) groups is 2. The number of nitrogens with two attached hydrogens (primary N) is 1. The van der Waals surface area contributed by atoms with Crippen LogP contribution in [0.3, 0.4) is 0 Å². The van der Waals surface area contributed by atoms with Crippen molar-refractivity contribution in [2.45, 2.75) is 36.6 Å². The second kappa shape index (κ2) is 7.10. The van der Waals surface area contributed by atoms with E-state index in [1.807, 2.05) is 0 Å². The van der Waals surface area contributed by atoms with Gasteiger partial charge in [0.2, 0.25) is 15.9 Å². The normalized spacial score (nSPS) is 19.3. The van der Waals surface area contributed by atoms with Crippen molar-refractivity contribution >= 4 is 21.8 Å². The Balaban J connectivity index is 2.28. The van der Waals surface area contributed by atoms with Crippen LogP contribution in [0.1, 0.15) is 36.0 Å². The van der Waals surface area contributed by atoms with Gasteiger partial charge >= 0.3 is 0 Å². The van der Waals surface area contributed by atoms with Gasteiger partial charge in [-0.2, -0.15) is 4.31 Å². The Morgan fingerprint density at radius 1 is 1.26 bits per heavy atom. The third kappa shape index (κ3) is 3.89. The van der Waals surface area contributed by atoms with Gasteiger partial charge < -0.3 is 11.1 Å². The van der Waals surface area contributed by atoms with Gasteiger partial charge in [0.1, 0.15) is 0 Å². The van der Waals surface area contributed by atoms with Crippen molar-refractivity contribution in [2.75, 3.05) is 13.6 Å². The Morgan fingerprint density at radius 2 is 1.91 bits per heavy atom. The highest BCUT2D eigenvalue weighted by atomic mass is 32.2. The predicted octanol–water partition coefficient (Wildman–Crippen LogP) is 0.465. The molecule has 1 fully saturated rings. The summed E-state index contributed by atoms with van der Waals surface area (Å²) in [4.78, 5) is 22.8. The number of primary amides is 1. The molecule has 0 aromatic heterocycles. The van der Waals surface area contributed by atoms with Gasteiger partial charge in [-0.05, 0) is 37.1 Å². The quantitative estimate of drug-likeness (QED) is 0.812. The molecule has 126 valence electrons. The van der Waals surface area contributed by atoms with Crippen molar-refractivity contribution in [3.8, 4) is 0 Å². The molecule has 3 N–H and O–H groups in total. The molecule has 2 rings (SSSR count). The Hall–Kier alpha value is -1.93. The van der Waals surface area contributed by atoms with Crippen molar-refractivity contribution in [1.82, 2.24) is 9.62 Å². The highest BCUT2D eigenvalue weighted by Crippen LogP contribution is 2.27. The van der Waals surface area contributed by atoms with E-state index in [2.05, 4.69) is 5.32 Å². The Morgan fingerprint density at radius 3 is 2.48 bits per heavy atom. The molecule has 2 amide bonds. The summed E-state index contributed by atoms with van der Waals surface area (Å²) in [6.45, 7) is 0.372. The van der Waals surface area contributed by atoms with Crippen molar-refractivity contribution in [3.63, 3.8) is 0 Å². The minimum Gasteiger partial charge on any atom is -0.370 e. The molecule has 8 heteroatoms. The van der Waals surface area contributed by atoms with Gasteiger partial charge in [0.25, 0.3) is 5.91 Å². The lowest BCUT2D eigenvalue weighted by atomic mass is 10.0. The summed E-state index contributed by atoms with van der Waals surface area (Å²) in [5, 5.41) is 2.48. The number of hydrogen-bond donors (Lipinski definition) is 2. The van der Waals surface area contributed by atoms with E-state index in [0.717, 1.165) is 12.8 Å². The van der Waals surface area contributed by atoms with Gasteiger partial charge in [0.05, 0.1) is 4.90 Å². The van der Waals surface area contributed by atoms with Crippen LogP contribution in [0.5, 0.6) is 0 Å². The summed E-state index contributed by atoms with van der Waals surface area (Å²) in [6, 6.07) is 5.37. The zero-order chi connectivity index (χ0) is 17.0. The SMILES string of the molecule is CNC(=O)c1ccc(S(=O)(=O)N2CCCCC2CC(N)=O)cc1. The molecule has 1 aliphatic rings. The topological polar surface area (TPSA) is 110 Å². The third-order valence-corrected chi connectivity index (χ3v) is 5.93. The molecule has 0 aliphatic carbocycles. The molecule has 1 aliphatic heterocycles. The molecule has 0 radical (unpaired) electrons. The molecule has 1 unspecified atom stereocenters. The van der Waals surface area contributed by atoms with Crippen molar-refractivity contribution in [3.05, 3.63) is 29.8 Å². The molecule has 1 aromatic rings. The van der Waals surface area contributed by atoms with E-state index >= 15 is 0 Å². The van der Waals surface area contributed by atoms with Crippen LogP contribution in [0.25, 0.3) is 0 Å². The standard InChI is InChI=1S/C15H21N3O4S/c1-17-15(20)11-5-7-13(8-6-11)23(21,22)18-9-3-2-4-12(18)10-14(16)19/h5-8,12H,2-4,9-10H2,1H3,(H2,16,19)(H,17,20). The van der Waals surface area contributed by atoms with Gasteiger partial charge in [-0.25, -0.2) is 8.42 Å². The first-order chi connectivity index (χ1) is 10.9. The Bertz CT molecular complexity index is 685. The molecule has 0 saturated carbocycles. The maximum Gasteiger partial charge on any atom is 0.251 e. The van der Waals surface area contributed by atoms with E-state index in [4.69, 9.17) is 5.73 Å². The maximum absolute atomic E-state index is 12.8. The first-order valence-electron chi connectivity index (χ1n) is 7.48. The first-order valence-corrected chi connectivity index (χ1v) is 8.92. The molecular formula is C15H21N3O4S. The number of benzene rings is 1. The van der Waals surface area contributed by atoms with Gasteiger partial charge in [0.15, 0.2) is 0 Å². The lowest BCUT2D eigenvalue weighted by Gasteiger charge is -2.34.